The summed E-state index contributed by atoms with van der Waals surface area (Å²) in [6, 6.07) is 11.7. The van der Waals surface area contributed by atoms with Gasteiger partial charge in [0.1, 0.15) is 0 Å². The second-order valence-electron chi connectivity index (χ2n) is 3.82. The van der Waals surface area contributed by atoms with Crippen molar-refractivity contribution in [3.05, 3.63) is 50.6 Å². The van der Waals surface area contributed by atoms with E-state index in [0.29, 0.717) is 10.7 Å². The highest BCUT2D eigenvalue weighted by Crippen LogP contribution is 2.28. The maximum atomic E-state index is 5.91. The molecule has 4 heteroatoms. The summed E-state index contributed by atoms with van der Waals surface area (Å²) in [6.45, 7) is 2.06. The van der Waals surface area contributed by atoms with Gasteiger partial charge >= 0.3 is 0 Å². The highest BCUT2D eigenvalue weighted by atomic mass is 127. The molecule has 0 saturated carbocycles. The van der Waals surface area contributed by atoms with Gasteiger partial charge < -0.3 is 11.1 Å². The molecule has 0 bridgehead atoms. The Balaban J connectivity index is 2.34. The fourth-order valence-electron chi connectivity index (χ4n) is 1.52. The van der Waals surface area contributed by atoms with Crippen LogP contribution in [0.5, 0.6) is 0 Å². The Hall–Kier alpha value is -0.940. The van der Waals surface area contributed by atoms with E-state index in [9.17, 15) is 0 Å². The van der Waals surface area contributed by atoms with E-state index in [-0.39, 0.29) is 0 Å². The Morgan fingerprint density at radius 1 is 1.12 bits per heavy atom. The van der Waals surface area contributed by atoms with Gasteiger partial charge in [0.15, 0.2) is 0 Å². The number of nitrogens with one attached hydrogen (secondary N) is 1. The Bertz CT molecular complexity index is 555. The van der Waals surface area contributed by atoms with Crippen LogP contribution in [-0.4, -0.2) is 0 Å². The number of halogens is 2. The first-order valence-electron chi connectivity index (χ1n) is 5.14. The van der Waals surface area contributed by atoms with Gasteiger partial charge in [-0.25, -0.2) is 0 Å². The fourth-order valence-corrected chi connectivity index (χ4v) is 2.19. The van der Waals surface area contributed by atoms with Gasteiger partial charge in [-0.05, 0) is 65.4 Å². The SMILES string of the molecule is Cc1ccc(I)cc1Nc1ccc(Cl)cc1N. The Morgan fingerprint density at radius 3 is 2.59 bits per heavy atom. The van der Waals surface area contributed by atoms with Gasteiger partial charge in [-0.2, -0.15) is 0 Å². The normalized spacial score (nSPS) is 10.3. The molecule has 0 atom stereocenters. The second kappa shape index (κ2) is 5.14. The quantitative estimate of drug-likeness (QED) is 0.609. The monoisotopic (exact) mass is 358 g/mol. The molecule has 0 fully saturated rings. The van der Waals surface area contributed by atoms with Crippen LogP contribution in [0, 0.1) is 10.5 Å². The molecule has 2 nitrogen and oxygen atoms in total. The minimum atomic E-state index is 0.646. The van der Waals surface area contributed by atoms with Gasteiger partial charge in [-0.1, -0.05) is 17.7 Å². The zero-order chi connectivity index (χ0) is 12.4. The van der Waals surface area contributed by atoms with E-state index in [2.05, 4.69) is 53.0 Å². The Kier molecular flexibility index (Phi) is 3.79. The molecule has 2 aromatic carbocycles. The largest absolute Gasteiger partial charge is 0.397 e. The van der Waals surface area contributed by atoms with E-state index < -0.39 is 0 Å². The number of benzene rings is 2. The number of hydrogen-bond donors (Lipinski definition) is 2. The number of anilines is 3. The first kappa shape index (κ1) is 12.5. The number of nitrogen functional groups attached to an aromatic ring is 1. The predicted molar refractivity (Wildman–Crippen MR) is 83.0 cm³/mol. The molecule has 2 aromatic rings. The van der Waals surface area contributed by atoms with Crippen molar-refractivity contribution in [1.82, 2.24) is 0 Å². The minimum Gasteiger partial charge on any atom is -0.397 e. The maximum Gasteiger partial charge on any atom is 0.0619 e. The molecule has 2 rings (SSSR count). The van der Waals surface area contributed by atoms with E-state index >= 15 is 0 Å². The molecule has 0 aromatic heterocycles. The lowest BCUT2D eigenvalue weighted by Crippen LogP contribution is -1.98. The molecule has 0 amide bonds. The molecule has 88 valence electrons. The van der Waals surface area contributed by atoms with Crippen molar-refractivity contribution in [2.24, 2.45) is 0 Å². The molecule has 0 aliphatic rings. The molecule has 0 radical (unpaired) electrons. The van der Waals surface area contributed by atoms with E-state index in [4.69, 9.17) is 17.3 Å². The molecule has 0 unspecified atom stereocenters. The Labute approximate surface area is 119 Å². The van der Waals surface area contributed by atoms with Gasteiger partial charge in [0.25, 0.3) is 0 Å². The zero-order valence-corrected chi connectivity index (χ0v) is 12.2. The summed E-state index contributed by atoms with van der Waals surface area (Å²) in [4.78, 5) is 0. The third-order valence-corrected chi connectivity index (χ3v) is 3.39. The molecule has 0 aliphatic carbocycles. The number of hydrogen-bond acceptors (Lipinski definition) is 2. The van der Waals surface area contributed by atoms with Gasteiger partial charge in [-0.15, -0.1) is 0 Å². The van der Waals surface area contributed by atoms with Crippen molar-refractivity contribution < 1.29 is 0 Å². The van der Waals surface area contributed by atoms with E-state index in [1.165, 1.54) is 9.13 Å². The summed E-state index contributed by atoms with van der Waals surface area (Å²) >= 11 is 8.15. The Morgan fingerprint density at radius 2 is 1.88 bits per heavy atom. The van der Waals surface area contributed by atoms with Crippen LogP contribution < -0.4 is 11.1 Å². The van der Waals surface area contributed by atoms with E-state index in [0.717, 1.165) is 11.4 Å². The van der Waals surface area contributed by atoms with Crippen LogP contribution in [0.1, 0.15) is 5.56 Å². The molecule has 0 saturated heterocycles. The van der Waals surface area contributed by atoms with Crippen molar-refractivity contribution in [1.29, 1.82) is 0 Å². The van der Waals surface area contributed by atoms with Crippen LogP contribution in [0.4, 0.5) is 17.1 Å². The predicted octanol–water partition coefficient (Wildman–Crippen LogP) is 4.58. The molecule has 0 heterocycles. The molecule has 3 N–H and O–H groups in total. The van der Waals surface area contributed by atoms with Gasteiger partial charge in [0.2, 0.25) is 0 Å². The standard InChI is InChI=1S/C13H12ClIN2/c1-8-2-4-10(15)7-13(8)17-12-5-3-9(14)6-11(12)16/h2-7,17H,16H2,1H3. The molecule has 0 spiro atoms. The van der Waals surface area contributed by atoms with Crippen LogP contribution in [0.25, 0.3) is 0 Å². The molecular formula is C13H12ClIN2. The summed E-state index contributed by atoms with van der Waals surface area (Å²) < 4.78 is 1.18. The lowest BCUT2D eigenvalue weighted by Gasteiger charge is -2.12. The lowest BCUT2D eigenvalue weighted by molar-refractivity contribution is 1.42. The van der Waals surface area contributed by atoms with Crippen LogP contribution in [0.15, 0.2) is 36.4 Å². The average Bonchev–Trinajstić information content (AvgIpc) is 2.27. The van der Waals surface area contributed by atoms with Crippen molar-refractivity contribution in [3.63, 3.8) is 0 Å². The van der Waals surface area contributed by atoms with E-state index in [1.54, 1.807) is 6.07 Å². The summed E-state index contributed by atoms with van der Waals surface area (Å²) in [5.41, 5.74) is 9.67. The summed E-state index contributed by atoms with van der Waals surface area (Å²) in [5.74, 6) is 0. The van der Waals surface area contributed by atoms with Crippen LogP contribution in [-0.2, 0) is 0 Å². The third kappa shape index (κ3) is 3.04. The molecule has 17 heavy (non-hydrogen) atoms. The third-order valence-electron chi connectivity index (χ3n) is 2.48. The van der Waals surface area contributed by atoms with Crippen LogP contribution >= 0.6 is 34.2 Å². The second-order valence-corrected chi connectivity index (χ2v) is 5.50. The minimum absolute atomic E-state index is 0.646. The van der Waals surface area contributed by atoms with Crippen molar-refractivity contribution in [2.75, 3.05) is 11.1 Å². The fraction of sp³-hybridized carbons (Fsp3) is 0.0769. The summed E-state index contributed by atoms with van der Waals surface area (Å²) in [7, 11) is 0. The van der Waals surface area contributed by atoms with Gasteiger partial charge in [-0.3, -0.25) is 0 Å². The highest BCUT2D eigenvalue weighted by molar-refractivity contribution is 14.1. The summed E-state index contributed by atoms with van der Waals surface area (Å²) in [5, 5.41) is 3.97. The first-order valence-corrected chi connectivity index (χ1v) is 6.60. The highest BCUT2D eigenvalue weighted by Gasteiger charge is 2.03. The number of nitrogens with two attached hydrogens (primary N) is 1. The van der Waals surface area contributed by atoms with Crippen molar-refractivity contribution >= 4 is 51.3 Å². The first-order chi connectivity index (χ1) is 8.06. The van der Waals surface area contributed by atoms with Gasteiger partial charge in [0.05, 0.1) is 11.4 Å². The van der Waals surface area contributed by atoms with Crippen LogP contribution in [0.2, 0.25) is 5.02 Å². The summed E-state index contributed by atoms with van der Waals surface area (Å²) in [6.07, 6.45) is 0. The molecular weight excluding hydrogens is 347 g/mol. The molecule has 0 aliphatic heterocycles. The van der Waals surface area contributed by atoms with Gasteiger partial charge in [0, 0.05) is 14.3 Å². The zero-order valence-electron chi connectivity index (χ0n) is 9.30. The smallest absolute Gasteiger partial charge is 0.0619 e. The van der Waals surface area contributed by atoms with E-state index in [1.807, 2.05) is 12.1 Å². The average molecular weight is 359 g/mol. The number of rotatable bonds is 2. The van der Waals surface area contributed by atoms with Crippen molar-refractivity contribution in [3.8, 4) is 0 Å². The number of aryl methyl sites for hydroxylation is 1. The van der Waals surface area contributed by atoms with Crippen molar-refractivity contribution in [2.45, 2.75) is 6.92 Å². The maximum absolute atomic E-state index is 5.91. The topological polar surface area (TPSA) is 38.0 Å². The lowest BCUT2D eigenvalue weighted by atomic mass is 10.2. The van der Waals surface area contributed by atoms with Crippen LogP contribution in [0.3, 0.4) is 0 Å².